The Labute approximate surface area is 51.9 Å². The summed E-state index contributed by atoms with van der Waals surface area (Å²) in [5.41, 5.74) is 0. The standard InChI is InChI=1S/C4H11N3S/c1-4-2-3-8(6-4)7-5/h4H,2-3,5H2,1H3,(H,6,7). The van der Waals surface area contributed by atoms with Crippen molar-refractivity contribution in [2.75, 3.05) is 5.75 Å². The van der Waals surface area contributed by atoms with Crippen molar-refractivity contribution in [1.82, 2.24) is 4.72 Å². The number of hydrogen-bond donors (Lipinski definition) is 2. The van der Waals surface area contributed by atoms with E-state index in [4.69, 9.17) is 5.84 Å². The highest BCUT2D eigenvalue weighted by atomic mass is 32.2. The third-order valence-electron chi connectivity index (χ3n) is 1.21. The van der Waals surface area contributed by atoms with Crippen molar-refractivity contribution in [2.45, 2.75) is 19.4 Å². The number of hydrogen-bond acceptors (Lipinski definition) is 1. The molecular formula is C4H11N3S. The minimum absolute atomic E-state index is 0.0116. The maximum Gasteiger partial charge on any atom is 0.0210 e. The molecule has 1 aliphatic rings. The molecule has 8 heavy (non-hydrogen) atoms. The highest BCUT2D eigenvalue weighted by Gasteiger charge is 2.12. The lowest BCUT2D eigenvalue weighted by Crippen LogP contribution is -2.18. The zero-order valence-corrected chi connectivity index (χ0v) is 5.74. The summed E-state index contributed by atoms with van der Waals surface area (Å²) in [5.74, 6) is 6.19. The molecule has 0 radical (unpaired) electrons. The SMILES string of the molecule is CC1CC/S(=N\N)N1. The second kappa shape index (κ2) is 2.57. The third kappa shape index (κ3) is 1.27. The third-order valence-corrected chi connectivity index (χ3v) is 2.76. The molecule has 0 aromatic rings. The zero-order chi connectivity index (χ0) is 5.98. The first-order valence-corrected chi connectivity index (χ1v) is 4.06. The van der Waals surface area contributed by atoms with E-state index >= 15 is 0 Å². The van der Waals surface area contributed by atoms with Crippen molar-refractivity contribution >= 4 is 10.9 Å². The van der Waals surface area contributed by atoms with Gasteiger partial charge in [0.15, 0.2) is 0 Å². The van der Waals surface area contributed by atoms with Gasteiger partial charge in [0, 0.05) is 11.8 Å². The average molecular weight is 133 g/mol. The summed E-state index contributed by atoms with van der Waals surface area (Å²) < 4.78 is 6.89. The topological polar surface area (TPSA) is 50.4 Å². The van der Waals surface area contributed by atoms with Gasteiger partial charge in [0.05, 0.1) is 0 Å². The van der Waals surface area contributed by atoms with Gasteiger partial charge in [0.2, 0.25) is 0 Å². The van der Waals surface area contributed by atoms with Crippen LogP contribution < -0.4 is 10.6 Å². The summed E-state index contributed by atoms with van der Waals surface area (Å²) in [5, 5.41) is 0. The Morgan fingerprint density at radius 3 is 2.88 bits per heavy atom. The smallest absolute Gasteiger partial charge is 0.0210 e. The van der Waals surface area contributed by atoms with E-state index in [2.05, 4.69) is 16.1 Å². The van der Waals surface area contributed by atoms with E-state index in [1.165, 1.54) is 6.42 Å². The molecular weight excluding hydrogens is 122 g/mol. The summed E-state index contributed by atoms with van der Waals surface area (Å²) >= 11 is 0. The van der Waals surface area contributed by atoms with Crippen molar-refractivity contribution < 1.29 is 0 Å². The molecule has 0 aromatic heterocycles. The number of nitrogens with zero attached hydrogens (tertiary/aromatic N) is 1. The second-order valence-electron chi connectivity index (χ2n) is 1.98. The van der Waals surface area contributed by atoms with Crippen molar-refractivity contribution in [3.8, 4) is 0 Å². The molecule has 2 atom stereocenters. The normalized spacial score (nSPS) is 38.8. The molecule has 1 rings (SSSR count). The van der Waals surface area contributed by atoms with Gasteiger partial charge in [-0.05, 0) is 24.2 Å². The molecule has 0 aromatic carbocycles. The zero-order valence-electron chi connectivity index (χ0n) is 4.92. The van der Waals surface area contributed by atoms with Gasteiger partial charge in [0.1, 0.15) is 0 Å². The molecule has 4 heteroatoms. The average Bonchev–Trinajstić information content (AvgIpc) is 2.14. The minimum atomic E-state index is -0.0116. The minimum Gasteiger partial charge on any atom is -0.251 e. The molecule has 0 aliphatic carbocycles. The monoisotopic (exact) mass is 133 g/mol. The Bertz CT molecular complexity index is 112. The number of rotatable bonds is 0. The lowest BCUT2D eigenvalue weighted by molar-refractivity contribution is 0.708. The molecule has 3 N–H and O–H groups in total. The van der Waals surface area contributed by atoms with E-state index in [9.17, 15) is 0 Å². The molecule has 3 nitrogen and oxygen atoms in total. The van der Waals surface area contributed by atoms with Gasteiger partial charge in [-0.25, -0.2) is 5.84 Å². The van der Waals surface area contributed by atoms with Crippen LogP contribution in [-0.4, -0.2) is 11.8 Å². The van der Waals surface area contributed by atoms with Gasteiger partial charge in [-0.2, -0.15) is 4.47 Å². The Hall–Kier alpha value is 0.0700. The van der Waals surface area contributed by atoms with Crippen molar-refractivity contribution in [2.24, 2.45) is 10.3 Å². The Kier molecular flexibility index (Phi) is 1.99. The van der Waals surface area contributed by atoms with Crippen LogP contribution in [0.15, 0.2) is 4.47 Å². The lowest BCUT2D eigenvalue weighted by atomic mass is 10.3. The van der Waals surface area contributed by atoms with Gasteiger partial charge in [0.25, 0.3) is 0 Å². The first-order valence-electron chi connectivity index (χ1n) is 2.71. The predicted octanol–water partition coefficient (Wildman–Crippen LogP) is -0.0412. The van der Waals surface area contributed by atoms with Crippen LogP contribution in [0.2, 0.25) is 0 Å². The van der Waals surface area contributed by atoms with E-state index in [1.807, 2.05) is 0 Å². The molecule has 1 saturated heterocycles. The van der Waals surface area contributed by atoms with Crippen LogP contribution in [0.1, 0.15) is 13.3 Å². The van der Waals surface area contributed by atoms with E-state index in [0.717, 1.165) is 5.75 Å². The van der Waals surface area contributed by atoms with Gasteiger partial charge >= 0.3 is 0 Å². The maximum absolute atomic E-state index is 5.07. The van der Waals surface area contributed by atoms with Crippen molar-refractivity contribution in [1.29, 1.82) is 0 Å². The van der Waals surface area contributed by atoms with Crippen LogP contribution in [0.5, 0.6) is 0 Å². The Morgan fingerprint density at radius 2 is 2.62 bits per heavy atom. The molecule has 1 heterocycles. The summed E-state index contributed by atoms with van der Waals surface area (Å²) in [7, 11) is -0.0116. The van der Waals surface area contributed by atoms with Crippen LogP contribution >= 0.6 is 0 Å². The van der Waals surface area contributed by atoms with Crippen LogP contribution in [0.3, 0.4) is 0 Å². The maximum atomic E-state index is 5.07. The highest BCUT2D eigenvalue weighted by molar-refractivity contribution is 7.85. The largest absolute Gasteiger partial charge is 0.251 e. The number of nitrogens with one attached hydrogen (secondary N) is 1. The van der Waals surface area contributed by atoms with E-state index in [1.54, 1.807) is 0 Å². The fourth-order valence-electron chi connectivity index (χ4n) is 0.722. The number of nitrogens with two attached hydrogens (primary N) is 1. The van der Waals surface area contributed by atoms with E-state index < -0.39 is 0 Å². The fraction of sp³-hybridized carbons (Fsp3) is 1.00. The summed E-state index contributed by atoms with van der Waals surface area (Å²) in [6.07, 6.45) is 1.21. The molecule has 1 fully saturated rings. The quantitative estimate of drug-likeness (QED) is 0.360. The molecule has 1 aliphatic heterocycles. The fourth-order valence-corrected chi connectivity index (χ4v) is 2.16. The van der Waals surface area contributed by atoms with E-state index in [0.29, 0.717) is 6.04 Å². The van der Waals surface area contributed by atoms with Crippen LogP contribution in [0.4, 0.5) is 0 Å². The molecule has 0 spiro atoms. The van der Waals surface area contributed by atoms with E-state index in [-0.39, 0.29) is 10.9 Å². The molecule has 2 unspecified atom stereocenters. The van der Waals surface area contributed by atoms with Crippen LogP contribution in [-0.2, 0) is 10.9 Å². The summed E-state index contributed by atoms with van der Waals surface area (Å²) in [6.45, 7) is 2.15. The first-order chi connectivity index (χ1) is 3.83. The Morgan fingerprint density at radius 1 is 1.88 bits per heavy atom. The second-order valence-corrected chi connectivity index (χ2v) is 3.57. The molecule has 0 amide bonds. The predicted molar refractivity (Wildman–Crippen MR) is 36.1 cm³/mol. The first kappa shape index (κ1) is 6.19. The Balaban J connectivity index is 2.44. The molecule has 0 saturated carbocycles. The van der Waals surface area contributed by atoms with Gasteiger partial charge in [-0.15, -0.1) is 0 Å². The summed E-state index contributed by atoms with van der Waals surface area (Å²) in [6, 6.07) is 0.616. The van der Waals surface area contributed by atoms with Gasteiger partial charge < -0.3 is 0 Å². The molecule has 0 bridgehead atoms. The lowest BCUT2D eigenvalue weighted by Gasteiger charge is -1.97. The van der Waals surface area contributed by atoms with Gasteiger partial charge in [-0.3, -0.25) is 4.72 Å². The van der Waals surface area contributed by atoms with Crippen molar-refractivity contribution in [3.05, 3.63) is 0 Å². The van der Waals surface area contributed by atoms with Crippen LogP contribution in [0, 0.1) is 0 Å². The molecule has 48 valence electrons. The van der Waals surface area contributed by atoms with Crippen LogP contribution in [0.25, 0.3) is 0 Å². The van der Waals surface area contributed by atoms with Crippen molar-refractivity contribution in [3.63, 3.8) is 0 Å². The highest BCUT2D eigenvalue weighted by Crippen LogP contribution is 2.03. The summed E-state index contributed by atoms with van der Waals surface area (Å²) in [4.78, 5) is 0. The van der Waals surface area contributed by atoms with Gasteiger partial charge in [-0.1, -0.05) is 0 Å².